The monoisotopic (exact) mass is 409 g/mol. The van der Waals surface area contributed by atoms with E-state index in [0.717, 1.165) is 5.39 Å². The van der Waals surface area contributed by atoms with Crippen LogP contribution in [0.15, 0.2) is 54.7 Å². The number of hydrogen-bond donors (Lipinski definition) is 1. The molecular formula is C21H16ClN3O4. The highest BCUT2D eigenvalue weighted by atomic mass is 35.5. The van der Waals surface area contributed by atoms with Crippen LogP contribution in [0, 0.1) is 0 Å². The average molecular weight is 410 g/mol. The Labute approximate surface area is 171 Å². The van der Waals surface area contributed by atoms with Gasteiger partial charge >= 0.3 is 5.97 Å². The van der Waals surface area contributed by atoms with Gasteiger partial charge in [-0.2, -0.15) is 5.10 Å². The van der Waals surface area contributed by atoms with Crippen molar-refractivity contribution in [3.63, 3.8) is 0 Å². The summed E-state index contributed by atoms with van der Waals surface area (Å²) in [5.74, 6) is 0.0295. The third-order valence-corrected chi connectivity index (χ3v) is 4.76. The van der Waals surface area contributed by atoms with Gasteiger partial charge in [-0.1, -0.05) is 11.6 Å². The third-order valence-electron chi connectivity index (χ3n) is 4.52. The molecule has 0 unspecified atom stereocenters. The average Bonchev–Trinajstić information content (AvgIpc) is 3.17. The molecule has 4 rings (SSSR count). The van der Waals surface area contributed by atoms with Gasteiger partial charge in [-0.3, -0.25) is 4.98 Å². The number of methoxy groups -OCH3 is 2. The highest BCUT2D eigenvalue weighted by Crippen LogP contribution is 2.36. The molecule has 7 nitrogen and oxygen atoms in total. The van der Waals surface area contributed by atoms with E-state index < -0.39 is 5.97 Å². The highest BCUT2D eigenvalue weighted by molar-refractivity contribution is 6.31. The first-order valence-electron chi connectivity index (χ1n) is 8.62. The number of fused-ring (bicyclic) bond motifs is 1. The summed E-state index contributed by atoms with van der Waals surface area (Å²) >= 11 is 6.09. The zero-order valence-electron chi connectivity index (χ0n) is 15.6. The van der Waals surface area contributed by atoms with Crippen LogP contribution in [-0.4, -0.2) is 40.1 Å². The predicted octanol–water partition coefficient (Wildman–Crippen LogP) is 4.46. The molecule has 1 N–H and O–H groups in total. The molecule has 0 amide bonds. The minimum atomic E-state index is -1.13. The Bertz CT molecular complexity index is 1240. The second-order valence-electron chi connectivity index (χ2n) is 6.19. The van der Waals surface area contributed by atoms with Crippen molar-refractivity contribution in [3.05, 3.63) is 65.4 Å². The van der Waals surface area contributed by atoms with E-state index in [0.29, 0.717) is 39.0 Å². The van der Waals surface area contributed by atoms with Crippen LogP contribution in [0.5, 0.6) is 11.5 Å². The van der Waals surface area contributed by atoms with Gasteiger partial charge in [0, 0.05) is 28.2 Å². The summed E-state index contributed by atoms with van der Waals surface area (Å²) in [5, 5.41) is 15.2. The molecule has 0 radical (unpaired) electrons. The summed E-state index contributed by atoms with van der Waals surface area (Å²) in [4.78, 5) is 16.0. The number of carboxylic acids is 1. The lowest BCUT2D eigenvalue weighted by Crippen LogP contribution is -2.04. The van der Waals surface area contributed by atoms with Crippen molar-refractivity contribution < 1.29 is 19.4 Å². The van der Waals surface area contributed by atoms with Crippen molar-refractivity contribution in [2.24, 2.45) is 0 Å². The molecule has 2 aromatic heterocycles. The molecule has 0 saturated heterocycles. The fourth-order valence-corrected chi connectivity index (χ4v) is 3.33. The second kappa shape index (κ2) is 7.44. The Morgan fingerprint density at radius 1 is 1.07 bits per heavy atom. The van der Waals surface area contributed by atoms with Gasteiger partial charge in [0.25, 0.3) is 0 Å². The molecule has 4 aromatic rings. The molecule has 0 saturated carbocycles. The Balaban J connectivity index is 2.01. The summed E-state index contributed by atoms with van der Waals surface area (Å²) in [6, 6.07) is 13.9. The van der Waals surface area contributed by atoms with E-state index in [2.05, 4.69) is 10.1 Å². The van der Waals surface area contributed by atoms with Gasteiger partial charge < -0.3 is 14.6 Å². The molecule has 0 bridgehead atoms. The fraction of sp³-hybridized carbons (Fsp3) is 0.0952. The molecule has 0 spiro atoms. The maximum atomic E-state index is 11.6. The molecule has 0 aliphatic rings. The van der Waals surface area contributed by atoms with Crippen LogP contribution < -0.4 is 9.47 Å². The molecule has 29 heavy (non-hydrogen) atoms. The maximum Gasteiger partial charge on any atom is 0.356 e. The quantitative estimate of drug-likeness (QED) is 0.523. The molecule has 2 aromatic carbocycles. The first-order valence-corrected chi connectivity index (χ1v) is 9.00. The molecule has 8 heteroatoms. The minimum Gasteiger partial charge on any atom is -0.497 e. The number of ether oxygens (including phenoxy) is 2. The number of aromatic carboxylic acids is 1. The number of carboxylic acid groups (broad SMARTS) is 1. The predicted molar refractivity (Wildman–Crippen MR) is 109 cm³/mol. The lowest BCUT2D eigenvalue weighted by Gasteiger charge is -2.13. The van der Waals surface area contributed by atoms with E-state index in [4.69, 9.17) is 21.1 Å². The zero-order valence-corrected chi connectivity index (χ0v) is 16.3. The number of pyridine rings is 1. The van der Waals surface area contributed by atoms with Crippen molar-refractivity contribution in [2.75, 3.05) is 14.2 Å². The Hall–Kier alpha value is -3.58. The van der Waals surface area contributed by atoms with Crippen molar-refractivity contribution in [1.82, 2.24) is 14.8 Å². The molecule has 146 valence electrons. The van der Waals surface area contributed by atoms with E-state index in [-0.39, 0.29) is 5.69 Å². The van der Waals surface area contributed by atoms with Gasteiger partial charge in [-0.15, -0.1) is 0 Å². The van der Waals surface area contributed by atoms with E-state index in [1.165, 1.54) is 6.07 Å². The van der Waals surface area contributed by atoms with Gasteiger partial charge in [0.05, 0.1) is 31.1 Å². The van der Waals surface area contributed by atoms with Crippen molar-refractivity contribution in [1.29, 1.82) is 0 Å². The largest absolute Gasteiger partial charge is 0.497 e. The second-order valence-corrected chi connectivity index (χ2v) is 6.63. The number of nitrogens with zero attached hydrogens (tertiary/aromatic N) is 3. The number of aromatic nitrogens is 3. The Morgan fingerprint density at radius 2 is 1.90 bits per heavy atom. The van der Waals surface area contributed by atoms with Crippen molar-refractivity contribution in [2.45, 2.75) is 0 Å². The van der Waals surface area contributed by atoms with Crippen LogP contribution in [0.25, 0.3) is 27.8 Å². The zero-order chi connectivity index (χ0) is 20.5. The van der Waals surface area contributed by atoms with E-state index in [9.17, 15) is 9.90 Å². The molecule has 0 aliphatic heterocycles. The number of halogens is 1. The maximum absolute atomic E-state index is 11.6. The molecule has 0 atom stereocenters. The van der Waals surface area contributed by atoms with Crippen molar-refractivity contribution >= 4 is 28.5 Å². The van der Waals surface area contributed by atoms with Crippen LogP contribution >= 0.6 is 11.6 Å². The van der Waals surface area contributed by atoms with Gasteiger partial charge in [0.15, 0.2) is 5.69 Å². The van der Waals surface area contributed by atoms with E-state index in [1.807, 2.05) is 6.07 Å². The number of carbonyl (C=O) groups is 1. The van der Waals surface area contributed by atoms with E-state index in [1.54, 1.807) is 61.5 Å². The summed E-state index contributed by atoms with van der Waals surface area (Å²) in [5.41, 5.74) is 2.50. The summed E-state index contributed by atoms with van der Waals surface area (Å²) in [6.45, 7) is 0. The first-order chi connectivity index (χ1) is 14.0. The number of hydrogen-bond acceptors (Lipinski definition) is 5. The number of rotatable bonds is 5. The third kappa shape index (κ3) is 3.36. The van der Waals surface area contributed by atoms with Crippen LogP contribution in [0.4, 0.5) is 0 Å². The van der Waals surface area contributed by atoms with Crippen LogP contribution in [0.1, 0.15) is 10.5 Å². The highest BCUT2D eigenvalue weighted by Gasteiger charge is 2.20. The van der Waals surface area contributed by atoms with Crippen LogP contribution in [0.2, 0.25) is 5.02 Å². The number of benzene rings is 2. The molecule has 0 fully saturated rings. The summed E-state index contributed by atoms with van der Waals surface area (Å²) < 4.78 is 12.3. The lowest BCUT2D eigenvalue weighted by atomic mass is 10.1. The smallest absolute Gasteiger partial charge is 0.356 e. The van der Waals surface area contributed by atoms with Gasteiger partial charge in [0.1, 0.15) is 11.5 Å². The summed E-state index contributed by atoms with van der Waals surface area (Å²) in [7, 11) is 3.11. The SMILES string of the molecule is COc1ccc(-c2cc(C(=O)O)nn2-c2ccnc3cc(Cl)ccc23)c(OC)c1. The van der Waals surface area contributed by atoms with Crippen molar-refractivity contribution in [3.8, 4) is 28.4 Å². The fourth-order valence-electron chi connectivity index (χ4n) is 3.16. The molecule has 0 aliphatic carbocycles. The summed E-state index contributed by atoms with van der Waals surface area (Å²) in [6.07, 6.45) is 1.63. The first kappa shape index (κ1) is 18.8. The topological polar surface area (TPSA) is 86.5 Å². The van der Waals surface area contributed by atoms with Gasteiger partial charge in [-0.25, -0.2) is 9.48 Å². The minimum absolute atomic E-state index is 0.0863. The normalized spacial score (nSPS) is 10.9. The molecule has 2 heterocycles. The Morgan fingerprint density at radius 3 is 2.62 bits per heavy atom. The Kier molecular flexibility index (Phi) is 4.82. The van der Waals surface area contributed by atoms with Crippen LogP contribution in [0.3, 0.4) is 0 Å². The van der Waals surface area contributed by atoms with Crippen LogP contribution in [-0.2, 0) is 0 Å². The standard InChI is InChI=1S/C21H16ClN3O4/c1-28-13-4-6-15(20(10-13)29-2)19-11-17(21(26)27)24-25(19)18-7-8-23-16-9-12(22)3-5-14(16)18/h3-11H,1-2H3,(H,26,27). The van der Waals surface area contributed by atoms with E-state index >= 15 is 0 Å². The molecular weight excluding hydrogens is 394 g/mol. The lowest BCUT2D eigenvalue weighted by molar-refractivity contribution is 0.0690. The van der Waals surface area contributed by atoms with Gasteiger partial charge in [-0.05, 0) is 42.5 Å². The van der Waals surface area contributed by atoms with Gasteiger partial charge in [0.2, 0.25) is 0 Å².